The van der Waals surface area contributed by atoms with E-state index in [1.807, 2.05) is 6.92 Å². The molecule has 3 nitrogen and oxygen atoms in total. The largest absolute Gasteiger partial charge is 0.466 e. The monoisotopic (exact) mass is 198 g/mol. The lowest BCUT2D eigenvalue weighted by atomic mass is 9.80. The maximum atomic E-state index is 11.4. The van der Waals surface area contributed by atoms with Gasteiger partial charge < -0.3 is 4.74 Å². The lowest BCUT2D eigenvalue weighted by molar-refractivity contribution is -0.150. The number of rotatable bonds is 3. The molecule has 0 aromatic rings. The average molecular weight is 198 g/mol. The molecule has 2 atom stereocenters. The van der Waals surface area contributed by atoms with Crippen molar-refractivity contribution in [2.24, 2.45) is 11.8 Å². The highest BCUT2D eigenvalue weighted by molar-refractivity contribution is 5.80. The topological polar surface area (TPSA) is 43.4 Å². The van der Waals surface area contributed by atoms with E-state index in [0.29, 0.717) is 13.0 Å². The second-order valence-corrected chi connectivity index (χ2v) is 3.92. The Morgan fingerprint density at radius 3 is 2.50 bits per heavy atom. The number of ketones is 1. The standard InChI is InChI=1S/C11H18O3/c1-3-14-11(13)10-6-4-5-9(7-10)8(2)12/h9-10H,3-7H2,1-2H3. The molecule has 0 amide bonds. The van der Waals surface area contributed by atoms with Crippen LogP contribution in [0.1, 0.15) is 39.5 Å². The van der Waals surface area contributed by atoms with Crippen LogP contribution in [0.3, 0.4) is 0 Å². The summed E-state index contributed by atoms with van der Waals surface area (Å²) >= 11 is 0. The number of esters is 1. The highest BCUT2D eigenvalue weighted by Crippen LogP contribution is 2.30. The summed E-state index contributed by atoms with van der Waals surface area (Å²) < 4.78 is 4.96. The van der Waals surface area contributed by atoms with Gasteiger partial charge in [-0.25, -0.2) is 0 Å². The molecular weight excluding hydrogens is 180 g/mol. The van der Waals surface area contributed by atoms with Crippen molar-refractivity contribution in [1.29, 1.82) is 0 Å². The summed E-state index contributed by atoms with van der Waals surface area (Å²) in [6, 6.07) is 0. The van der Waals surface area contributed by atoms with Gasteiger partial charge in [-0.1, -0.05) is 6.42 Å². The van der Waals surface area contributed by atoms with Gasteiger partial charge in [-0.15, -0.1) is 0 Å². The summed E-state index contributed by atoms with van der Waals surface area (Å²) in [6.45, 7) is 3.85. The molecule has 0 aromatic carbocycles. The minimum absolute atomic E-state index is 0.0439. The zero-order valence-electron chi connectivity index (χ0n) is 8.91. The van der Waals surface area contributed by atoms with E-state index in [9.17, 15) is 9.59 Å². The van der Waals surface area contributed by atoms with Crippen LogP contribution >= 0.6 is 0 Å². The number of carbonyl (C=O) groups is 2. The Morgan fingerprint density at radius 1 is 1.29 bits per heavy atom. The fourth-order valence-corrected chi connectivity index (χ4v) is 2.03. The van der Waals surface area contributed by atoms with E-state index < -0.39 is 0 Å². The highest BCUT2D eigenvalue weighted by Gasteiger charge is 2.30. The molecule has 0 aromatic heterocycles. The zero-order chi connectivity index (χ0) is 10.6. The predicted molar refractivity (Wildman–Crippen MR) is 52.8 cm³/mol. The van der Waals surface area contributed by atoms with Gasteiger partial charge in [-0.3, -0.25) is 9.59 Å². The van der Waals surface area contributed by atoms with Crippen LogP contribution in [0.2, 0.25) is 0 Å². The third-order valence-electron chi connectivity index (χ3n) is 2.87. The molecule has 0 N–H and O–H groups in total. The molecule has 1 aliphatic carbocycles. The fraction of sp³-hybridized carbons (Fsp3) is 0.818. The van der Waals surface area contributed by atoms with Crippen LogP contribution < -0.4 is 0 Å². The van der Waals surface area contributed by atoms with E-state index in [1.165, 1.54) is 0 Å². The van der Waals surface area contributed by atoms with Crippen molar-refractivity contribution >= 4 is 11.8 Å². The first-order valence-corrected chi connectivity index (χ1v) is 5.32. The number of ether oxygens (including phenoxy) is 1. The summed E-state index contributed by atoms with van der Waals surface area (Å²) in [5.74, 6) is 0.119. The van der Waals surface area contributed by atoms with Gasteiger partial charge in [0.05, 0.1) is 12.5 Å². The maximum absolute atomic E-state index is 11.4. The van der Waals surface area contributed by atoms with Gasteiger partial charge in [0.25, 0.3) is 0 Å². The Balaban J connectivity index is 2.47. The summed E-state index contributed by atoms with van der Waals surface area (Å²) in [6.07, 6.45) is 3.47. The van der Waals surface area contributed by atoms with Gasteiger partial charge in [0.2, 0.25) is 0 Å². The minimum atomic E-state index is -0.126. The fourth-order valence-electron chi connectivity index (χ4n) is 2.03. The highest BCUT2D eigenvalue weighted by atomic mass is 16.5. The van der Waals surface area contributed by atoms with Gasteiger partial charge in [-0.05, 0) is 33.1 Å². The van der Waals surface area contributed by atoms with E-state index in [2.05, 4.69) is 0 Å². The Labute approximate surface area is 84.8 Å². The van der Waals surface area contributed by atoms with Gasteiger partial charge in [0.1, 0.15) is 5.78 Å². The van der Waals surface area contributed by atoms with Crippen molar-refractivity contribution < 1.29 is 14.3 Å². The van der Waals surface area contributed by atoms with Crippen LogP contribution in [0.4, 0.5) is 0 Å². The summed E-state index contributed by atoms with van der Waals surface area (Å²) in [5, 5.41) is 0. The molecular formula is C11H18O3. The molecule has 0 aliphatic heterocycles. The predicted octanol–water partition coefficient (Wildman–Crippen LogP) is 1.94. The molecule has 0 spiro atoms. The van der Waals surface area contributed by atoms with Gasteiger partial charge >= 0.3 is 5.97 Å². The normalized spacial score (nSPS) is 27.0. The van der Waals surface area contributed by atoms with Crippen molar-refractivity contribution in [3.8, 4) is 0 Å². The average Bonchev–Trinajstić information content (AvgIpc) is 2.18. The second kappa shape index (κ2) is 5.13. The number of hydrogen-bond donors (Lipinski definition) is 0. The summed E-state index contributed by atoms with van der Waals surface area (Å²) in [7, 11) is 0. The Bertz CT molecular complexity index is 223. The van der Waals surface area contributed by atoms with Crippen molar-refractivity contribution in [3.05, 3.63) is 0 Å². The van der Waals surface area contributed by atoms with Gasteiger partial charge in [0.15, 0.2) is 0 Å². The van der Waals surface area contributed by atoms with Crippen molar-refractivity contribution in [1.82, 2.24) is 0 Å². The van der Waals surface area contributed by atoms with E-state index in [0.717, 1.165) is 19.3 Å². The molecule has 0 radical (unpaired) electrons. The lowest BCUT2D eigenvalue weighted by Gasteiger charge is -2.25. The van der Waals surface area contributed by atoms with Crippen molar-refractivity contribution in [3.63, 3.8) is 0 Å². The second-order valence-electron chi connectivity index (χ2n) is 3.92. The number of Topliss-reactive ketones (excluding diaryl/α,β-unsaturated/α-hetero) is 1. The van der Waals surface area contributed by atoms with E-state index in [4.69, 9.17) is 4.74 Å². The molecule has 1 aliphatic rings. The molecule has 3 heteroatoms. The van der Waals surface area contributed by atoms with Crippen LogP contribution in [0.5, 0.6) is 0 Å². The first-order valence-electron chi connectivity index (χ1n) is 5.32. The Hall–Kier alpha value is -0.860. The Kier molecular flexibility index (Phi) is 4.11. The zero-order valence-corrected chi connectivity index (χ0v) is 8.91. The maximum Gasteiger partial charge on any atom is 0.308 e. The molecule has 0 heterocycles. The smallest absolute Gasteiger partial charge is 0.308 e. The molecule has 14 heavy (non-hydrogen) atoms. The third-order valence-corrected chi connectivity index (χ3v) is 2.87. The third kappa shape index (κ3) is 2.82. The van der Waals surface area contributed by atoms with Crippen LogP contribution in [0, 0.1) is 11.8 Å². The quantitative estimate of drug-likeness (QED) is 0.651. The van der Waals surface area contributed by atoms with Crippen molar-refractivity contribution in [2.75, 3.05) is 6.61 Å². The van der Waals surface area contributed by atoms with E-state index in [-0.39, 0.29) is 23.6 Å². The summed E-state index contributed by atoms with van der Waals surface area (Å²) in [4.78, 5) is 22.6. The van der Waals surface area contributed by atoms with Crippen LogP contribution in [-0.4, -0.2) is 18.4 Å². The molecule has 1 saturated carbocycles. The van der Waals surface area contributed by atoms with E-state index in [1.54, 1.807) is 6.92 Å². The van der Waals surface area contributed by atoms with Crippen LogP contribution in [0.15, 0.2) is 0 Å². The van der Waals surface area contributed by atoms with E-state index >= 15 is 0 Å². The van der Waals surface area contributed by atoms with Gasteiger partial charge in [0, 0.05) is 5.92 Å². The molecule has 80 valence electrons. The first-order chi connectivity index (χ1) is 6.65. The van der Waals surface area contributed by atoms with Crippen LogP contribution in [0.25, 0.3) is 0 Å². The molecule has 1 rings (SSSR count). The lowest BCUT2D eigenvalue weighted by Crippen LogP contribution is -2.27. The minimum Gasteiger partial charge on any atom is -0.466 e. The molecule has 0 saturated heterocycles. The summed E-state index contributed by atoms with van der Waals surface area (Å²) in [5.41, 5.74) is 0. The first kappa shape index (κ1) is 11.2. The Morgan fingerprint density at radius 2 is 1.93 bits per heavy atom. The molecule has 1 fully saturated rings. The SMILES string of the molecule is CCOC(=O)C1CCCC(C(C)=O)C1. The van der Waals surface area contributed by atoms with Crippen LogP contribution in [-0.2, 0) is 14.3 Å². The molecule has 0 bridgehead atoms. The van der Waals surface area contributed by atoms with Gasteiger partial charge in [-0.2, -0.15) is 0 Å². The number of hydrogen-bond acceptors (Lipinski definition) is 3. The van der Waals surface area contributed by atoms with Crippen molar-refractivity contribution in [2.45, 2.75) is 39.5 Å². The number of carbonyl (C=O) groups excluding carboxylic acids is 2. The molecule has 2 unspecified atom stereocenters.